The molecular formula is C13H20N4O2. The average Bonchev–Trinajstić information content (AvgIpc) is 2.89. The number of rotatable bonds is 4. The number of anilines is 1. The van der Waals surface area contributed by atoms with Crippen molar-refractivity contribution < 1.29 is 9.90 Å². The topological polar surface area (TPSA) is 69.6 Å². The fraction of sp³-hybridized carbons (Fsp3) is 0.615. The van der Waals surface area contributed by atoms with E-state index in [4.69, 9.17) is 0 Å². The van der Waals surface area contributed by atoms with Crippen LogP contribution in [0.1, 0.15) is 13.3 Å². The van der Waals surface area contributed by atoms with E-state index in [1.165, 1.54) is 0 Å². The molecule has 2 atom stereocenters. The first-order valence-corrected chi connectivity index (χ1v) is 6.52. The molecule has 0 saturated carbocycles. The van der Waals surface area contributed by atoms with Crippen molar-refractivity contribution in [2.24, 2.45) is 5.92 Å². The van der Waals surface area contributed by atoms with Crippen molar-refractivity contribution in [2.45, 2.75) is 19.4 Å². The quantitative estimate of drug-likeness (QED) is 0.838. The van der Waals surface area contributed by atoms with Gasteiger partial charge in [0, 0.05) is 38.4 Å². The Bertz CT molecular complexity index is 424. The summed E-state index contributed by atoms with van der Waals surface area (Å²) in [6, 6.07) is 1.74. The number of aliphatic hydroxyl groups is 1. The van der Waals surface area contributed by atoms with Gasteiger partial charge in [-0.3, -0.25) is 4.79 Å². The third-order valence-corrected chi connectivity index (χ3v) is 3.53. The monoisotopic (exact) mass is 264 g/mol. The second-order valence-electron chi connectivity index (χ2n) is 5.03. The first-order valence-electron chi connectivity index (χ1n) is 6.52. The standard InChI is InChI=1S/C13H20N4O2/c1-10(18)11-4-7-17(8-11)12(19)9-16(2)13-14-5-3-6-15-13/h3,5-6,10-11,18H,4,7-9H2,1-2H3. The minimum atomic E-state index is -0.354. The minimum Gasteiger partial charge on any atom is -0.393 e. The van der Waals surface area contributed by atoms with E-state index in [0.29, 0.717) is 12.5 Å². The largest absolute Gasteiger partial charge is 0.393 e. The van der Waals surface area contributed by atoms with E-state index in [1.807, 2.05) is 0 Å². The lowest BCUT2D eigenvalue weighted by molar-refractivity contribution is -0.128. The van der Waals surface area contributed by atoms with Crippen LogP contribution in [0, 0.1) is 5.92 Å². The number of aliphatic hydroxyl groups excluding tert-OH is 1. The van der Waals surface area contributed by atoms with Gasteiger partial charge in [-0.2, -0.15) is 0 Å². The predicted molar refractivity (Wildman–Crippen MR) is 71.7 cm³/mol. The Balaban J connectivity index is 1.88. The smallest absolute Gasteiger partial charge is 0.242 e. The van der Waals surface area contributed by atoms with Crippen LogP contribution in [0.25, 0.3) is 0 Å². The number of amides is 1. The van der Waals surface area contributed by atoms with Crippen molar-refractivity contribution >= 4 is 11.9 Å². The molecule has 6 heteroatoms. The van der Waals surface area contributed by atoms with Gasteiger partial charge in [-0.15, -0.1) is 0 Å². The molecule has 1 N–H and O–H groups in total. The Morgan fingerprint density at radius 2 is 2.26 bits per heavy atom. The van der Waals surface area contributed by atoms with Crippen LogP contribution >= 0.6 is 0 Å². The van der Waals surface area contributed by atoms with E-state index in [9.17, 15) is 9.90 Å². The zero-order chi connectivity index (χ0) is 13.8. The highest BCUT2D eigenvalue weighted by Gasteiger charge is 2.29. The lowest BCUT2D eigenvalue weighted by Gasteiger charge is -2.22. The van der Waals surface area contributed by atoms with E-state index in [-0.39, 0.29) is 24.5 Å². The molecule has 19 heavy (non-hydrogen) atoms. The average molecular weight is 264 g/mol. The number of carbonyl (C=O) groups is 1. The Morgan fingerprint density at radius 3 is 2.84 bits per heavy atom. The van der Waals surface area contributed by atoms with Crippen LogP contribution < -0.4 is 4.90 Å². The molecule has 2 unspecified atom stereocenters. The Morgan fingerprint density at radius 1 is 1.58 bits per heavy atom. The first kappa shape index (κ1) is 13.7. The molecule has 6 nitrogen and oxygen atoms in total. The maximum Gasteiger partial charge on any atom is 0.242 e. The Kier molecular flexibility index (Phi) is 4.31. The number of likely N-dealkylation sites (N-methyl/N-ethyl adjacent to an activating group) is 1. The summed E-state index contributed by atoms with van der Waals surface area (Å²) in [5.41, 5.74) is 0. The van der Waals surface area contributed by atoms with Gasteiger partial charge in [-0.05, 0) is 19.4 Å². The summed E-state index contributed by atoms with van der Waals surface area (Å²) >= 11 is 0. The highest BCUT2D eigenvalue weighted by molar-refractivity contribution is 5.81. The molecule has 0 spiro atoms. The molecule has 104 valence electrons. The number of nitrogens with zero attached hydrogens (tertiary/aromatic N) is 4. The molecule has 1 aromatic rings. The molecular weight excluding hydrogens is 244 g/mol. The maximum absolute atomic E-state index is 12.1. The lowest BCUT2D eigenvalue weighted by atomic mass is 10.0. The summed E-state index contributed by atoms with van der Waals surface area (Å²) in [5.74, 6) is 0.794. The highest BCUT2D eigenvalue weighted by Crippen LogP contribution is 2.19. The van der Waals surface area contributed by atoms with Crippen molar-refractivity contribution in [3.8, 4) is 0 Å². The molecule has 1 saturated heterocycles. The number of likely N-dealkylation sites (tertiary alicyclic amines) is 1. The zero-order valence-electron chi connectivity index (χ0n) is 11.4. The van der Waals surface area contributed by atoms with Crippen molar-refractivity contribution in [1.29, 1.82) is 0 Å². The zero-order valence-corrected chi connectivity index (χ0v) is 11.4. The molecule has 1 fully saturated rings. The molecule has 2 heterocycles. The molecule has 1 aliphatic heterocycles. The van der Waals surface area contributed by atoms with E-state index in [1.54, 1.807) is 42.2 Å². The van der Waals surface area contributed by atoms with E-state index in [2.05, 4.69) is 9.97 Å². The fourth-order valence-corrected chi connectivity index (χ4v) is 2.27. The van der Waals surface area contributed by atoms with Gasteiger partial charge in [0.1, 0.15) is 0 Å². The summed E-state index contributed by atoms with van der Waals surface area (Å²) in [6.07, 6.45) is 3.83. The van der Waals surface area contributed by atoms with Crippen LogP contribution in [0.3, 0.4) is 0 Å². The number of carbonyl (C=O) groups excluding carboxylic acids is 1. The van der Waals surface area contributed by atoms with Crippen LogP contribution in [-0.2, 0) is 4.79 Å². The van der Waals surface area contributed by atoms with Gasteiger partial charge in [0.15, 0.2) is 0 Å². The second-order valence-corrected chi connectivity index (χ2v) is 5.03. The Labute approximate surface area is 113 Å². The molecule has 1 amide bonds. The summed E-state index contributed by atoms with van der Waals surface area (Å²) < 4.78 is 0. The SMILES string of the molecule is CC(O)C1CCN(C(=O)CN(C)c2ncccn2)C1. The summed E-state index contributed by atoms with van der Waals surface area (Å²) in [6.45, 7) is 3.40. The lowest BCUT2D eigenvalue weighted by Crippen LogP contribution is -2.38. The normalized spacial score (nSPS) is 20.4. The summed E-state index contributed by atoms with van der Waals surface area (Å²) in [7, 11) is 1.80. The number of aromatic nitrogens is 2. The fourth-order valence-electron chi connectivity index (χ4n) is 2.27. The first-order chi connectivity index (χ1) is 9.08. The molecule has 0 aliphatic carbocycles. The van der Waals surface area contributed by atoms with Gasteiger partial charge in [0.25, 0.3) is 0 Å². The summed E-state index contributed by atoms with van der Waals surface area (Å²) in [4.78, 5) is 23.9. The van der Waals surface area contributed by atoms with Crippen molar-refractivity contribution in [3.05, 3.63) is 18.5 Å². The maximum atomic E-state index is 12.1. The third kappa shape index (κ3) is 3.41. The van der Waals surface area contributed by atoms with Gasteiger partial charge in [0.2, 0.25) is 11.9 Å². The van der Waals surface area contributed by atoms with Crippen LogP contribution in [0.2, 0.25) is 0 Å². The molecule has 1 aliphatic rings. The molecule has 0 radical (unpaired) electrons. The molecule has 0 aromatic carbocycles. The van der Waals surface area contributed by atoms with Gasteiger partial charge in [-0.25, -0.2) is 9.97 Å². The third-order valence-electron chi connectivity index (χ3n) is 3.53. The number of hydrogen-bond donors (Lipinski definition) is 1. The second kappa shape index (κ2) is 5.97. The van der Waals surface area contributed by atoms with Crippen molar-refractivity contribution in [1.82, 2.24) is 14.9 Å². The Hall–Kier alpha value is -1.69. The van der Waals surface area contributed by atoms with Gasteiger partial charge >= 0.3 is 0 Å². The molecule has 1 aromatic heterocycles. The predicted octanol–water partition coefficient (Wildman–Crippen LogP) is 0.142. The minimum absolute atomic E-state index is 0.0538. The van der Waals surface area contributed by atoms with Crippen molar-refractivity contribution in [3.63, 3.8) is 0 Å². The van der Waals surface area contributed by atoms with Crippen LogP contribution in [0.15, 0.2) is 18.5 Å². The van der Waals surface area contributed by atoms with Crippen LogP contribution in [0.4, 0.5) is 5.95 Å². The summed E-state index contributed by atoms with van der Waals surface area (Å²) in [5, 5.41) is 9.54. The highest BCUT2D eigenvalue weighted by atomic mass is 16.3. The van der Waals surface area contributed by atoms with E-state index < -0.39 is 0 Å². The van der Waals surface area contributed by atoms with Gasteiger partial charge in [-0.1, -0.05) is 0 Å². The molecule has 0 bridgehead atoms. The van der Waals surface area contributed by atoms with Gasteiger partial charge in [0.05, 0.1) is 12.6 Å². The van der Waals surface area contributed by atoms with E-state index >= 15 is 0 Å². The van der Waals surface area contributed by atoms with Crippen molar-refractivity contribution in [2.75, 3.05) is 31.6 Å². The van der Waals surface area contributed by atoms with Gasteiger partial charge < -0.3 is 14.9 Å². The molecule has 2 rings (SSSR count). The van der Waals surface area contributed by atoms with Crippen LogP contribution in [0.5, 0.6) is 0 Å². The van der Waals surface area contributed by atoms with Crippen LogP contribution in [-0.4, -0.2) is 58.7 Å². The number of hydrogen-bond acceptors (Lipinski definition) is 5. The van der Waals surface area contributed by atoms with E-state index in [0.717, 1.165) is 13.0 Å².